The van der Waals surface area contributed by atoms with Crippen LogP contribution in [0.5, 0.6) is 0 Å². The molecule has 1 N–H and O–H groups in total. The second kappa shape index (κ2) is 4.57. The Morgan fingerprint density at radius 1 is 1.11 bits per heavy atom. The highest BCUT2D eigenvalue weighted by molar-refractivity contribution is 5.70. The van der Waals surface area contributed by atoms with Crippen molar-refractivity contribution < 1.29 is 9.90 Å². The van der Waals surface area contributed by atoms with Gasteiger partial charge in [-0.05, 0) is 12.1 Å². The van der Waals surface area contributed by atoms with E-state index < -0.39 is 5.97 Å². The van der Waals surface area contributed by atoms with Crippen LogP contribution in [0.2, 0.25) is 0 Å². The van der Waals surface area contributed by atoms with Crippen molar-refractivity contribution in [2.75, 3.05) is 0 Å². The predicted molar refractivity (Wildman–Crippen MR) is 72.0 cm³/mol. The number of benzene rings is 1. The fourth-order valence-corrected chi connectivity index (χ4v) is 2.11. The van der Waals surface area contributed by atoms with E-state index in [2.05, 4.69) is 4.98 Å². The molecule has 4 nitrogen and oxygen atoms in total. The summed E-state index contributed by atoms with van der Waals surface area (Å²) >= 11 is 0. The zero-order chi connectivity index (χ0) is 13.2. The van der Waals surface area contributed by atoms with Crippen LogP contribution in [0.25, 0.3) is 16.9 Å². The van der Waals surface area contributed by atoms with Gasteiger partial charge in [-0.15, -0.1) is 0 Å². The summed E-state index contributed by atoms with van der Waals surface area (Å²) in [5.41, 5.74) is 3.35. The van der Waals surface area contributed by atoms with Crippen molar-refractivity contribution in [2.45, 2.75) is 6.42 Å². The molecule has 2 aromatic heterocycles. The van der Waals surface area contributed by atoms with Crippen molar-refractivity contribution >= 4 is 11.6 Å². The third kappa shape index (κ3) is 2.20. The third-order valence-corrected chi connectivity index (χ3v) is 2.98. The Kier molecular flexibility index (Phi) is 2.76. The topological polar surface area (TPSA) is 54.6 Å². The van der Waals surface area contributed by atoms with Gasteiger partial charge in [-0.1, -0.05) is 36.4 Å². The van der Waals surface area contributed by atoms with E-state index in [0.717, 1.165) is 22.6 Å². The van der Waals surface area contributed by atoms with Gasteiger partial charge in [-0.25, -0.2) is 4.98 Å². The first kappa shape index (κ1) is 11.5. The maximum Gasteiger partial charge on any atom is 0.309 e. The lowest BCUT2D eigenvalue weighted by atomic mass is 10.2. The molecule has 19 heavy (non-hydrogen) atoms. The van der Waals surface area contributed by atoms with Crippen LogP contribution in [0, 0.1) is 0 Å². The third-order valence-electron chi connectivity index (χ3n) is 2.98. The van der Waals surface area contributed by atoms with Crippen LogP contribution in [0.15, 0.2) is 54.7 Å². The number of carbonyl (C=O) groups is 1. The van der Waals surface area contributed by atoms with E-state index in [1.54, 1.807) is 6.07 Å². The lowest BCUT2D eigenvalue weighted by Crippen LogP contribution is -2.04. The Balaban J connectivity index is 2.13. The van der Waals surface area contributed by atoms with Crippen molar-refractivity contribution in [1.82, 2.24) is 9.38 Å². The molecule has 0 unspecified atom stereocenters. The number of pyridine rings is 1. The highest BCUT2D eigenvalue weighted by Crippen LogP contribution is 2.19. The Hall–Kier alpha value is -2.62. The minimum absolute atomic E-state index is 0.0120. The van der Waals surface area contributed by atoms with Gasteiger partial charge in [0.05, 0.1) is 12.1 Å². The number of imidazole rings is 1. The molecule has 0 radical (unpaired) electrons. The molecule has 0 saturated carbocycles. The quantitative estimate of drug-likeness (QED) is 0.779. The number of fused-ring (bicyclic) bond motifs is 1. The summed E-state index contributed by atoms with van der Waals surface area (Å²) < 4.78 is 1.83. The van der Waals surface area contributed by atoms with Gasteiger partial charge in [0.25, 0.3) is 0 Å². The van der Waals surface area contributed by atoms with Crippen molar-refractivity contribution in [3.63, 3.8) is 0 Å². The van der Waals surface area contributed by atoms with Crippen LogP contribution in [-0.2, 0) is 11.2 Å². The van der Waals surface area contributed by atoms with Gasteiger partial charge in [-0.3, -0.25) is 4.79 Å². The fraction of sp³-hybridized carbons (Fsp3) is 0.0667. The van der Waals surface area contributed by atoms with Crippen molar-refractivity contribution in [3.05, 3.63) is 60.4 Å². The molecule has 0 aliphatic carbocycles. The molecule has 0 atom stereocenters. The maximum atomic E-state index is 10.9. The number of rotatable bonds is 3. The summed E-state index contributed by atoms with van der Waals surface area (Å²) in [7, 11) is 0. The average molecular weight is 252 g/mol. The normalized spacial score (nSPS) is 10.7. The summed E-state index contributed by atoms with van der Waals surface area (Å²) in [6.07, 6.45) is 1.87. The monoisotopic (exact) mass is 252 g/mol. The number of hydrogen-bond acceptors (Lipinski definition) is 2. The Morgan fingerprint density at radius 2 is 1.89 bits per heavy atom. The molecule has 0 spiro atoms. The van der Waals surface area contributed by atoms with Crippen molar-refractivity contribution in [3.8, 4) is 11.3 Å². The first-order valence-electron chi connectivity index (χ1n) is 5.98. The molecular formula is C15H12N2O2. The molecule has 0 aliphatic heterocycles. The molecule has 0 fully saturated rings. The lowest BCUT2D eigenvalue weighted by Gasteiger charge is -2.01. The van der Waals surface area contributed by atoms with E-state index in [9.17, 15) is 4.79 Å². The van der Waals surface area contributed by atoms with Crippen LogP contribution in [0.3, 0.4) is 0 Å². The van der Waals surface area contributed by atoms with Gasteiger partial charge in [0.1, 0.15) is 5.65 Å². The molecular weight excluding hydrogens is 240 g/mol. The molecule has 0 amide bonds. The van der Waals surface area contributed by atoms with Gasteiger partial charge in [0.15, 0.2) is 0 Å². The van der Waals surface area contributed by atoms with E-state index in [1.165, 1.54) is 0 Å². The van der Waals surface area contributed by atoms with Gasteiger partial charge in [0, 0.05) is 17.5 Å². The second-order valence-electron chi connectivity index (χ2n) is 4.31. The van der Waals surface area contributed by atoms with Gasteiger partial charge in [0.2, 0.25) is 0 Å². The number of aliphatic carboxylic acids is 1. The Morgan fingerprint density at radius 3 is 2.63 bits per heavy atom. The molecule has 2 heterocycles. The fourth-order valence-electron chi connectivity index (χ4n) is 2.11. The summed E-state index contributed by atoms with van der Waals surface area (Å²) in [6.45, 7) is 0. The van der Waals surface area contributed by atoms with Gasteiger partial charge in [-0.2, -0.15) is 0 Å². The van der Waals surface area contributed by atoms with Crippen LogP contribution >= 0.6 is 0 Å². The molecule has 3 aromatic rings. The van der Waals surface area contributed by atoms with Gasteiger partial charge < -0.3 is 9.51 Å². The molecule has 1 aromatic carbocycles. The minimum atomic E-state index is -0.845. The number of carboxylic acids is 1. The van der Waals surface area contributed by atoms with Crippen molar-refractivity contribution in [2.24, 2.45) is 0 Å². The zero-order valence-corrected chi connectivity index (χ0v) is 10.2. The number of carboxylic acid groups (broad SMARTS) is 1. The minimum Gasteiger partial charge on any atom is -0.481 e. The zero-order valence-electron chi connectivity index (χ0n) is 10.2. The van der Waals surface area contributed by atoms with E-state index in [-0.39, 0.29) is 6.42 Å². The van der Waals surface area contributed by atoms with Crippen LogP contribution in [-0.4, -0.2) is 20.5 Å². The number of nitrogens with zero attached hydrogens (tertiary/aromatic N) is 2. The largest absolute Gasteiger partial charge is 0.481 e. The number of hydrogen-bond donors (Lipinski definition) is 1. The molecule has 4 heteroatoms. The second-order valence-corrected chi connectivity index (χ2v) is 4.31. The summed E-state index contributed by atoms with van der Waals surface area (Å²) in [6, 6.07) is 15.3. The number of aromatic nitrogens is 2. The highest BCUT2D eigenvalue weighted by Gasteiger charge is 2.08. The first-order chi connectivity index (χ1) is 9.24. The molecule has 3 rings (SSSR count). The van der Waals surface area contributed by atoms with E-state index in [0.29, 0.717) is 0 Å². The molecule has 94 valence electrons. The lowest BCUT2D eigenvalue weighted by molar-refractivity contribution is -0.136. The smallest absolute Gasteiger partial charge is 0.309 e. The highest BCUT2D eigenvalue weighted by atomic mass is 16.4. The molecule has 0 aliphatic rings. The Bertz CT molecular complexity index is 732. The van der Waals surface area contributed by atoms with E-state index >= 15 is 0 Å². The first-order valence-corrected chi connectivity index (χ1v) is 5.98. The summed E-state index contributed by atoms with van der Waals surface area (Å²) in [5, 5.41) is 8.92. The predicted octanol–water partition coefficient (Wildman–Crippen LogP) is 2.63. The van der Waals surface area contributed by atoms with Crippen LogP contribution in [0.4, 0.5) is 0 Å². The van der Waals surface area contributed by atoms with Crippen LogP contribution in [0.1, 0.15) is 5.69 Å². The van der Waals surface area contributed by atoms with Crippen molar-refractivity contribution in [1.29, 1.82) is 0 Å². The molecule has 0 saturated heterocycles. The summed E-state index contributed by atoms with van der Waals surface area (Å²) in [4.78, 5) is 15.4. The van der Waals surface area contributed by atoms with E-state index in [1.807, 2.05) is 53.1 Å². The average Bonchev–Trinajstić information content (AvgIpc) is 2.84. The molecule has 0 bridgehead atoms. The SMILES string of the molecule is O=C(O)Cc1cccc2nc(-c3ccccc3)cn12. The Labute approximate surface area is 110 Å². The standard InChI is InChI=1S/C15H12N2O2/c18-15(19)9-12-7-4-8-14-16-13(10-17(12)14)11-5-2-1-3-6-11/h1-8,10H,9H2,(H,18,19). The van der Waals surface area contributed by atoms with Gasteiger partial charge >= 0.3 is 5.97 Å². The van der Waals surface area contributed by atoms with Crippen LogP contribution < -0.4 is 0 Å². The van der Waals surface area contributed by atoms with E-state index in [4.69, 9.17) is 5.11 Å². The summed E-state index contributed by atoms with van der Waals surface area (Å²) in [5.74, 6) is -0.845. The maximum absolute atomic E-state index is 10.9.